The first-order valence-electron chi connectivity index (χ1n) is 21.7. The fourth-order valence-electron chi connectivity index (χ4n) is 10.5. The van der Waals surface area contributed by atoms with Crippen LogP contribution in [0.5, 0.6) is 11.5 Å². The van der Waals surface area contributed by atoms with E-state index >= 15 is 0 Å². The third-order valence-electron chi connectivity index (χ3n) is 13.2. The topological polar surface area (TPSA) is 52.8 Å². The molecule has 10 aromatic rings. The summed E-state index contributed by atoms with van der Waals surface area (Å²) in [5.41, 5.74) is 16.6. The molecule has 0 radical (unpaired) electrons. The van der Waals surface area contributed by atoms with Gasteiger partial charge in [0.25, 0.3) is 0 Å². The van der Waals surface area contributed by atoms with E-state index in [1.54, 1.807) is 0 Å². The van der Waals surface area contributed by atoms with Gasteiger partial charge >= 0.3 is 0 Å². The smallest absolute Gasteiger partial charge is 0.164 e. The van der Waals surface area contributed by atoms with Crippen LogP contribution >= 0.6 is 0 Å². The van der Waals surface area contributed by atoms with Gasteiger partial charge in [0, 0.05) is 44.6 Å². The normalized spacial score (nSPS) is 13.8. The molecule has 0 bridgehead atoms. The van der Waals surface area contributed by atoms with E-state index in [4.69, 9.17) is 19.7 Å². The lowest BCUT2D eigenvalue weighted by molar-refractivity contribution is 0.436. The molecule has 0 fully saturated rings. The van der Waals surface area contributed by atoms with E-state index < -0.39 is 5.41 Å². The minimum Gasteiger partial charge on any atom is -0.457 e. The van der Waals surface area contributed by atoms with E-state index in [2.05, 4.69) is 193 Å². The molecule has 8 aromatic carbocycles. The predicted molar refractivity (Wildman–Crippen MR) is 253 cm³/mol. The molecule has 2 aliphatic carbocycles. The molecule has 1 aliphatic heterocycles. The number of benzene rings is 8. The van der Waals surface area contributed by atoms with Crippen LogP contribution in [0.4, 0.5) is 0 Å². The van der Waals surface area contributed by atoms with E-state index in [0.29, 0.717) is 17.5 Å². The molecule has 0 saturated carbocycles. The highest BCUT2D eigenvalue weighted by atomic mass is 16.5. The molecule has 5 nitrogen and oxygen atoms in total. The molecule has 0 N–H and O–H groups in total. The summed E-state index contributed by atoms with van der Waals surface area (Å²) < 4.78 is 9.14. The summed E-state index contributed by atoms with van der Waals surface area (Å²) >= 11 is 0. The van der Waals surface area contributed by atoms with E-state index in [0.717, 1.165) is 69.0 Å². The molecule has 0 atom stereocenters. The number of allylic oxidation sites excluding steroid dienone is 1. The molecule has 296 valence electrons. The van der Waals surface area contributed by atoms with Crippen molar-refractivity contribution in [1.29, 1.82) is 0 Å². The molecule has 3 aliphatic rings. The quantitative estimate of drug-likeness (QED) is 0.174. The van der Waals surface area contributed by atoms with Gasteiger partial charge in [0.15, 0.2) is 17.5 Å². The zero-order valence-corrected chi connectivity index (χ0v) is 34.2. The summed E-state index contributed by atoms with van der Waals surface area (Å²) in [6.07, 6.45) is 6.71. The third-order valence-corrected chi connectivity index (χ3v) is 13.2. The molecule has 2 aromatic heterocycles. The van der Waals surface area contributed by atoms with Gasteiger partial charge in [0.1, 0.15) is 11.5 Å². The van der Waals surface area contributed by atoms with E-state index in [-0.39, 0.29) is 0 Å². The Bertz CT molecular complexity index is 3450. The van der Waals surface area contributed by atoms with Crippen LogP contribution in [-0.2, 0) is 11.8 Å². The Hall–Kier alpha value is -8.15. The number of ether oxygens (including phenoxy) is 1. The van der Waals surface area contributed by atoms with Crippen LogP contribution in [0.2, 0.25) is 0 Å². The first-order valence-corrected chi connectivity index (χ1v) is 21.7. The van der Waals surface area contributed by atoms with Crippen LogP contribution in [0, 0.1) is 0 Å². The highest BCUT2D eigenvalue weighted by Gasteiger charge is 2.51. The van der Waals surface area contributed by atoms with Gasteiger partial charge in [-0.05, 0) is 106 Å². The second-order valence-corrected chi connectivity index (χ2v) is 16.6. The maximum atomic E-state index is 6.74. The highest BCUT2D eigenvalue weighted by molar-refractivity contribution is 5.91. The molecular formula is C58H38N4O. The maximum Gasteiger partial charge on any atom is 0.164 e. The molecule has 0 amide bonds. The first-order chi connectivity index (χ1) is 31.2. The number of hydrogen-bond acceptors (Lipinski definition) is 4. The minimum absolute atomic E-state index is 0.597. The zero-order chi connectivity index (χ0) is 41.5. The number of para-hydroxylation sites is 2. The van der Waals surface area contributed by atoms with Gasteiger partial charge in [-0.1, -0.05) is 152 Å². The number of rotatable bonds is 5. The van der Waals surface area contributed by atoms with Gasteiger partial charge in [-0.2, -0.15) is 0 Å². The number of aryl methyl sites for hydroxylation is 1. The molecule has 63 heavy (non-hydrogen) atoms. The summed E-state index contributed by atoms with van der Waals surface area (Å²) in [6, 6.07) is 68.9. The lowest BCUT2D eigenvalue weighted by atomic mass is 9.66. The predicted octanol–water partition coefficient (Wildman–Crippen LogP) is 13.9. The second-order valence-electron chi connectivity index (χ2n) is 16.6. The fourth-order valence-corrected chi connectivity index (χ4v) is 10.5. The van der Waals surface area contributed by atoms with Crippen molar-refractivity contribution in [3.8, 4) is 73.6 Å². The highest BCUT2D eigenvalue weighted by Crippen LogP contribution is 2.62. The van der Waals surface area contributed by atoms with Gasteiger partial charge < -0.3 is 9.30 Å². The Morgan fingerprint density at radius 2 is 1.03 bits per heavy atom. The van der Waals surface area contributed by atoms with Crippen molar-refractivity contribution in [1.82, 2.24) is 19.5 Å². The van der Waals surface area contributed by atoms with Crippen molar-refractivity contribution in [2.24, 2.45) is 0 Å². The number of nitrogens with zero attached hydrogens (tertiary/aromatic N) is 4. The van der Waals surface area contributed by atoms with E-state index in [9.17, 15) is 0 Å². The Morgan fingerprint density at radius 1 is 0.444 bits per heavy atom. The fraction of sp³-hybridized carbons (Fsp3) is 0.0517. The van der Waals surface area contributed by atoms with Gasteiger partial charge in [0.05, 0.1) is 10.9 Å². The van der Waals surface area contributed by atoms with E-state index in [1.165, 1.54) is 44.4 Å². The third kappa shape index (κ3) is 5.39. The first kappa shape index (κ1) is 35.6. The molecule has 0 unspecified atom stereocenters. The van der Waals surface area contributed by atoms with Crippen molar-refractivity contribution < 1.29 is 4.74 Å². The van der Waals surface area contributed by atoms with Crippen LogP contribution in [0.3, 0.4) is 0 Å². The molecule has 3 heterocycles. The van der Waals surface area contributed by atoms with E-state index in [1.807, 2.05) is 18.2 Å². The Balaban J connectivity index is 0.940. The Labute approximate surface area is 365 Å². The van der Waals surface area contributed by atoms with Crippen LogP contribution in [0.25, 0.3) is 79.1 Å². The lowest BCUT2D eigenvalue weighted by Crippen LogP contribution is -2.32. The summed E-state index contributed by atoms with van der Waals surface area (Å²) in [7, 11) is 0. The summed E-state index contributed by atoms with van der Waals surface area (Å²) in [5, 5.41) is 1.34. The van der Waals surface area contributed by atoms with Crippen molar-refractivity contribution >= 4 is 17.0 Å². The number of hydrogen-bond donors (Lipinski definition) is 0. The molecule has 1 spiro atoms. The number of fused-ring (bicyclic) bond motifs is 12. The standard InChI is InChI=1S/C58H38N4O/c1-2-15-38(16-3-1)55-59-56(40-18-14-17-39(35-40)37-29-32-42(33-30-37)62-51-26-11-6-21-45(51)46-22-7-12-27-52(46)62)61-57(60-55)41-31-34-54-50(36-41)58(49-25-10-13-28-53(49)63-54)47-23-8-4-19-43(47)44-20-5-9-24-48(44)58/h1-6,8-21,23-36H,7,22H2. The second kappa shape index (κ2) is 13.9. The lowest BCUT2D eigenvalue weighted by Gasteiger charge is -2.39. The van der Waals surface area contributed by atoms with Gasteiger partial charge in [-0.15, -0.1) is 0 Å². The van der Waals surface area contributed by atoms with Gasteiger partial charge in [0.2, 0.25) is 0 Å². The summed E-state index contributed by atoms with van der Waals surface area (Å²) in [5.74, 6) is 3.51. The molecule has 5 heteroatoms. The minimum atomic E-state index is -0.597. The Kier molecular flexibility index (Phi) is 7.88. The van der Waals surface area contributed by atoms with Crippen LogP contribution in [-0.4, -0.2) is 19.5 Å². The van der Waals surface area contributed by atoms with Crippen molar-refractivity contribution in [3.05, 3.63) is 234 Å². The van der Waals surface area contributed by atoms with Crippen LogP contribution < -0.4 is 4.74 Å². The van der Waals surface area contributed by atoms with Crippen molar-refractivity contribution in [3.63, 3.8) is 0 Å². The average molecular weight is 807 g/mol. The zero-order valence-electron chi connectivity index (χ0n) is 34.2. The largest absolute Gasteiger partial charge is 0.457 e. The van der Waals surface area contributed by atoms with Gasteiger partial charge in [-0.25, -0.2) is 15.0 Å². The molecular weight excluding hydrogens is 769 g/mol. The van der Waals surface area contributed by atoms with Crippen molar-refractivity contribution in [2.45, 2.75) is 18.3 Å². The Morgan fingerprint density at radius 3 is 1.81 bits per heavy atom. The molecule has 0 saturated heterocycles. The monoisotopic (exact) mass is 806 g/mol. The molecule has 13 rings (SSSR count). The summed E-state index contributed by atoms with van der Waals surface area (Å²) in [4.78, 5) is 15.6. The van der Waals surface area contributed by atoms with Gasteiger partial charge in [-0.3, -0.25) is 0 Å². The maximum absolute atomic E-state index is 6.74. The van der Waals surface area contributed by atoms with Crippen molar-refractivity contribution in [2.75, 3.05) is 0 Å². The number of aromatic nitrogens is 4. The van der Waals surface area contributed by atoms with Crippen LogP contribution in [0.1, 0.15) is 39.9 Å². The average Bonchev–Trinajstić information content (AvgIpc) is 3.85. The SMILES string of the molecule is C1=Cc2c(c3ccccc3n2-c2ccc(-c3cccc(-c4nc(-c5ccccc5)nc(-c5ccc6c(c5)C5(c7ccccc7O6)c6ccccc6-c6ccccc65)n4)c3)cc2)CC1. The van der Waals surface area contributed by atoms with Crippen LogP contribution in [0.15, 0.2) is 200 Å². The summed E-state index contributed by atoms with van der Waals surface area (Å²) in [6.45, 7) is 0.